The SMILES string of the molecule is CC1(C)CCN(C#N)CCS1. The van der Waals surface area contributed by atoms with Gasteiger partial charge in [-0.3, -0.25) is 0 Å². The maximum Gasteiger partial charge on any atom is 0.179 e. The standard InChI is InChI=1S/C8H14N2S/c1-8(2)3-4-10(7-9)5-6-11-8/h3-6H2,1-2H3. The van der Waals surface area contributed by atoms with E-state index in [9.17, 15) is 0 Å². The predicted molar refractivity (Wildman–Crippen MR) is 48.3 cm³/mol. The molecule has 1 heterocycles. The average Bonchev–Trinajstić information content (AvgIpc) is 2.10. The molecule has 0 N–H and O–H groups in total. The van der Waals surface area contributed by atoms with Crippen molar-refractivity contribution in [2.75, 3.05) is 18.8 Å². The minimum absolute atomic E-state index is 0.367. The second-order valence-electron chi connectivity index (χ2n) is 3.45. The largest absolute Gasteiger partial charge is 0.310 e. The molecule has 11 heavy (non-hydrogen) atoms. The van der Waals surface area contributed by atoms with Gasteiger partial charge in [-0.2, -0.15) is 17.0 Å². The molecule has 0 radical (unpaired) electrons. The smallest absolute Gasteiger partial charge is 0.179 e. The fourth-order valence-electron chi connectivity index (χ4n) is 1.12. The first-order chi connectivity index (χ1) is 5.14. The zero-order chi connectivity index (χ0) is 8.32. The molecule has 0 aromatic carbocycles. The highest BCUT2D eigenvalue weighted by molar-refractivity contribution is 8.00. The van der Waals surface area contributed by atoms with Gasteiger partial charge in [0.1, 0.15) is 0 Å². The Morgan fingerprint density at radius 1 is 1.45 bits per heavy atom. The zero-order valence-corrected chi connectivity index (χ0v) is 7.95. The number of nitriles is 1. The van der Waals surface area contributed by atoms with Crippen LogP contribution in [0, 0.1) is 11.5 Å². The van der Waals surface area contributed by atoms with Crippen LogP contribution in [0.2, 0.25) is 0 Å². The molecule has 0 bridgehead atoms. The molecule has 0 amide bonds. The Bertz CT molecular complexity index is 171. The van der Waals surface area contributed by atoms with Gasteiger partial charge < -0.3 is 4.90 Å². The van der Waals surface area contributed by atoms with Crippen LogP contribution in [-0.4, -0.2) is 28.5 Å². The van der Waals surface area contributed by atoms with Crippen molar-refractivity contribution in [2.45, 2.75) is 25.0 Å². The Morgan fingerprint density at radius 3 is 2.82 bits per heavy atom. The summed E-state index contributed by atoms with van der Waals surface area (Å²) >= 11 is 1.97. The minimum atomic E-state index is 0.367. The van der Waals surface area contributed by atoms with Crippen molar-refractivity contribution in [3.05, 3.63) is 0 Å². The summed E-state index contributed by atoms with van der Waals surface area (Å²) in [6.07, 6.45) is 3.32. The van der Waals surface area contributed by atoms with Crippen molar-refractivity contribution in [2.24, 2.45) is 0 Å². The normalized spacial score (nSPS) is 23.9. The molecule has 0 spiro atoms. The summed E-state index contributed by atoms with van der Waals surface area (Å²) in [6, 6.07) is 0. The molecule has 0 unspecified atom stereocenters. The highest BCUT2D eigenvalue weighted by Crippen LogP contribution is 2.30. The fourth-order valence-corrected chi connectivity index (χ4v) is 2.22. The van der Waals surface area contributed by atoms with Crippen molar-refractivity contribution in [1.82, 2.24) is 4.90 Å². The molecule has 1 aliphatic rings. The second-order valence-corrected chi connectivity index (χ2v) is 5.25. The van der Waals surface area contributed by atoms with Crippen LogP contribution in [0.3, 0.4) is 0 Å². The molecular formula is C8H14N2S. The van der Waals surface area contributed by atoms with Gasteiger partial charge in [0.2, 0.25) is 0 Å². The van der Waals surface area contributed by atoms with Crippen molar-refractivity contribution in [3.63, 3.8) is 0 Å². The molecular weight excluding hydrogens is 156 g/mol. The van der Waals surface area contributed by atoms with Crippen LogP contribution < -0.4 is 0 Å². The number of thioether (sulfide) groups is 1. The van der Waals surface area contributed by atoms with Crippen molar-refractivity contribution in [1.29, 1.82) is 5.26 Å². The van der Waals surface area contributed by atoms with Crippen molar-refractivity contribution in [3.8, 4) is 6.19 Å². The number of hydrogen-bond donors (Lipinski definition) is 0. The van der Waals surface area contributed by atoms with E-state index in [1.165, 1.54) is 0 Å². The average molecular weight is 170 g/mol. The van der Waals surface area contributed by atoms with Crippen LogP contribution in [0.15, 0.2) is 0 Å². The molecule has 1 aliphatic heterocycles. The summed E-state index contributed by atoms with van der Waals surface area (Å²) in [6.45, 7) is 6.35. The topological polar surface area (TPSA) is 27.0 Å². The Kier molecular flexibility index (Phi) is 2.67. The van der Waals surface area contributed by atoms with E-state index in [1.54, 1.807) is 0 Å². The van der Waals surface area contributed by atoms with E-state index in [2.05, 4.69) is 20.0 Å². The van der Waals surface area contributed by atoms with Gasteiger partial charge in [0.15, 0.2) is 6.19 Å². The third-order valence-electron chi connectivity index (χ3n) is 1.98. The predicted octanol–water partition coefficient (Wildman–Crippen LogP) is 1.68. The van der Waals surface area contributed by atoms with Crippen molar-refractivity contribution >= 4 is 11.8 Å². The second kappa shape index (κ2) is 3.36. The van der Waals surface area contributed by atoms with Crippen LogP contribution in [0.5, 0.6) is 0 Å². The molecule has 0 saturated carbocycles. The lowest BCUT2D eigenvalue weighted by atomic mass is 10.1. The summed E-state index contributed by atoms with van der Waals surface area (Å²) in [4.78, 5) is 1.85. The van der Waals surface area contributed by atoms with E-state index >= 15 is 0 Å². The van der Waals surface area contributed by atoms with E-state index in [0.29, 0.717) is 4.75 Å². The molecule has 0 aromatic rings. The van der Waals surface area contributed by atoms with Crippen LogP contribution in [0.25, 0.3) is 0 Å². The van der Waals surface area contributed by atoms with Gasteiger partial charge in [-0.15, -0.1) is 0 Å². The van der Waals surface area contributed by atoms with E-state index in [-0.39, 0.29) is 0 Å². The van der Waals surface area contributed by atoms with Gasteiger partial charge in [0.05, 0.1) is 0 Å². The molecule has 1 fully saturated rings. The Labute approximate surface area is 72.6 Å². The third kappa shape index (κ3) is 2.63. The maximum atomic E-state index is 8.65. The summed E-state index contributed by atoms with van der Waals surface area (Å²) in [5.74, 6) is 1.08. The molecule has 0 aliphatic carbocycles. The lowest BCUT2D eigenvalue weighted by Crippen LogP contribution is -2.22. The molecule has 2 nitrogen and oxygen atoms in total. The van der Waals surface area contributed by atoms with Crippen molar-refractivity contribution < 1.29 is 0 Å². The van der Waals surface area contributed by atoms with Crippen LogP contribution >= 0.6 is 11.8 Å². The molecule has 1 saturated heterocycles. The monoisotopic (exact) mass is 170 g/mol. The van der Waals surface area contributed by atoms with E-state index in [0.717, 1.165) is 25.3 Å². The van der Waals surface area contributed by atoms with Crippen LogP contribution in [-0.2, 0) is 0 Å². The number of rotatable bonds is 0. The fraction of sp³-hybridized carbons (Fsp3) is 0.875. The van der Waals surface area contributed by atoms with E-state index < -0.39 is 0 Å². The lowest BCUT2D eigenvalue weighted by Gasteiger charge is -2.20. The van der Waals surface area contributed by atoms with E-state index in [1.807, 2.05) is 16.7 Å². The Balaban J connectivity index is 2.47. The lowest BCUT2D eigenvalue weighted by molar-refractivity contribution is 0.399. The summed E-state index contributed by atoms with van der Waals surface area (Å²) in [5.41, 5.74) is 0. The maximum absolute atomic E-state index is 8.65. The zero-order valence-electron chi connectivity index (χ0n) is 7.13. The van der Waals surface area contributed by atoms with Gasteiger partial charge in [-0.1, -0.05) is 13.8 Å². The number of nitrogens with zero attached hydrogens (tertiary/aromatic N) is 2. The van der Waals surface area contributed by atoms with Gasteiger partial charge in [0, 0.05) is 23.6 Å². The first-order valence-electron chi connectivity index (χ1n) is 3.93. The van der Waals surface area contributed by atoms with Gasteiger partial charge in [-0.05, 0) is 6.42 Å². The summed E-state index contributed by atoms with van der Waals surface area (Å²) in [5, 5.41) is 8.65. The molecule has 3 heteroatoms. The minimum Gasteiger partial charge on any atom is -0.310 e. The van der Waals surface area contributed by atoms with E-state index in [4.69, 9.17) is 5.26 Å². The number of hydrogen-bond acceptors (Lipinski definition) is 3. The Morgan fingerprint density at radius 2 is 2.18 bits per heavy atom. The molecule has 0 aromatic heterocycles. The summed E-state index contributed by atoms with van der Waals surface area (Å²) in [7, 11) is 0. The third-order valence-corrected chi connectivity index (χ3v) is 3.35. The first-order valence-corrected chi connectivity index (χ1v) is 4.91. The molecule has 1 rings (SSSR count). The van der Waals surface area contributed by atoms with Gasteiger partial charge >= 0.3 is 0 Å². The summed E-state index contributed by atoms with van der Waals surface area (Å²) < 4.78 is 0.367. The quantitative estimate of drug-likeness (QED) is 0.518. The molecule has 0 atom stereocenters. The first kappa shape index (κ1) is 8.73. The van der Waals surface area contributed by atoms with Crippen LogP contribution in [0.1, 0.15) is 20.3 Å². The highest BCUT2D eigenvalue weighted by atomic mass is 32.2. The van der Waals surface area contributed by atoms with Gasteiger partial charge in [-0.25, -0.2) is 0 Å². The Hall–Kier alpha value is -0.360. The highest BCUT2D eigenvalue weighted by Gasteiger charge is 2.22. The molecule has 62 valence electrons. The van der Waals surface area contributed by atoms with Crippen LogP contribution in [0.4, 0.5) is 0 Å². The van der Waals surface area contributed by atoms with Gasteiger partial charge in [0.25, 0.3) is 0 Å².